The van der Waals surface area contributed by atoms with Crippen LogP contribution in [0.4, 0.5) is 10.6 Å². The normalized spacial score (nSPS) is 10.9. The molecule has 2 rings (SSSR count). The number of hydrogen-bond acceptors (Lipinski definition) is 3. The van der Waals surface area contributed by atoms with E-state index in [0.717, 1.165) is 17.7 Å². The predicted molar refractivity (Wildman–Crippen MR) is 100 cm³/mol. The van der Waals surface area contributed by atoms with Crippen LogP contribution in [-0.2, 0) is 6.54 Å². The van der Waals surface area contributed by atoms with Crippen molar-refractivity contribution in [1.82, 2.24) is 4.57 Å². The summed E-state index contributed by atoms with van der Waals surface area (Å²) in [7, 11) is 1.41. The molecule has 0 bridgehead atoms. The molecular weight excluding hydrogens is 344 g/mol. The van der Waals surface area contributed by atoms with Gasteiger partial charge in [0.05, 0.1) is 12.0 Å². The number of carboxylic acid groups (broad SMARTS) is 1. The SMILES string of the molecule is CCCCOc1c(N(C)C(=O)O)n(CCC)c(=O)c2ccc(Cl)cc12. The van der Waals surface area contributed by atoms with Gasteiger partial charge in [-0.15, -0.1) is 0 Å². The van der Waals surface area contributed by atoms with Gasteiger partial charge in [-0.05, 0) is 31.0 Å². The van der Waals surface area contributed by atoms with Gasteiger partial charge < -0.3 is 9.84 Å². The first kappa shape index (κ1) is 19.1. The van der Waals surface area contributed by atoms with E-state index in [2.05, 4.69) is 0 Å². The Morgan fingerprint density at radius 1 is 1.28 bits per heavy atom. The van der Waals surface area contributed by atoms with Crippen molar-refractivity contribution in [2.75, 3.05) is 18.6 Å². The summed E-state index contributed by atoms with van der Waals surface area (Å²) in [6.45, 7) is 4.80. The van der Waals surface area contributed by atoms with Crippen molar-refractivity contribution in [3.8, 4) is 5.75 Å². The Morgan fingerprint density at radius 3 is 2.60 bits per heavy atom. The number of pyridine rings is 1. The number of halogens is 1. The molecule has 0 aliphatic heterocycles. The van der Waals surface area contributed by atoms with Crippen LogP contribution in [0.15, 0.2) is 23.0 Å². The Labute approximate surface area is 151 Å². The van der Waals surface area contributed by atoms with Crippen molar-refractivity contribution >= 4 is 34.3 Å². The number of fused-ring (bicyclic) bond motifs is 1. The van der Waals surface area contributed by atoms with Gasteiger partial charge in [-0.1, -0.05) is 31.9 Å². The highest BCUT2D eigenvalue weighted by atomic mass is 35.5. The van der Waals surface area contributed by atoms with Crippen molar-refractivity contribution < 1.29 is 14.6 Å². The number of carbonyl (C=O) groups is 1. The van der Waals surface area contributed by atoms with E-state index in [-0.39, 0.29) is 11.4 Å². The molecule has 2 aromatic rings. The first-order valence-electron chi connectivity index (χ1n) is 8.37. The van der Waals surface area contributed by atoms with Gasteiger partial charge in [0.1, 0.15) is 0 Å². The fraction of sp³-hybridized carbons (Fsp3) is 0.444. The number of amides is 1. The Morgan fingerprint density at radius 2 is 2.00 bits per heavy atom. The molecular formula is C18H23ClN2O4. The first-order chi connectivity index (χ1) is 11.9. The lowest BCUT2D eigenvalue weighted by molar-refractivity contribution is 0.202. The summed E-state index contributed by atoms with van der Waals surface area (Å²) < 4.78 is 7.40. The minimum atomic E-state index is -1.16. The van der Waals surface area contributed by atoms with E-state index in [1.807, 2.05) is 13.8 Å². The molecule has 0 unspecified atom stereocenters. The molecule has 0 spiro atoms. The van der Waals surface area contributed by atoms with E-state index in [9.17, 15) is 14.7 Å². The van der Waals surface area contributed by atoms with Gasteiger partial charge in [-0.25, -0.2) is 4.79 Å². The zero-order valence-corrected chi connectivity index (χ0v) is 15.5. The van der Waals surface area contributed by atoms with Crippen molar-refractivity contribution in [2.24, 2.45) is 0 Å². The minimum absolute atomic E-state index is 0.241. The first-order valence-corrected chi connectivity index (χ1v) is 8.75. The molecule has 1 aromatic heterocycles. The molecule has 1 heterocycles. The molecule has 1 amide bonds. The molecule has 7 heteroatoms. The number of ether oxygens (including phenoxy) is 1. The molecule has 0 atom stereocenters. The number of rotatable bonds is 7. The molecule has 136 valence electrons. The largest absolute Gasteiger partial charge is 0.489 e. The van der Waals surface area contributed by atoms with E-state index in [1.165, 1.54) is 11.6 Å². The Bertz CT molecular complexity index is 832. The molecule has 0 saturated carbocycles. The molecule has 6 nitrogen and oxygen atoms in total. The van der Waals surface area contributed by atoms with Crippen LogP contribution in [-0.4, -0.2) is 29.4 Å². The molecule has 25 heavy (non-hydrogen) atoms. The molecule has 0 aliphatic rings. The molecule has 0 aliphatic carbocycles. The van der Waals surface area contributed by atoms with Gasteiger partial charge in [-0.3, -0.25) is 14.3 Å². The maximum Gasteiger partial charge on any atom is 0.412 e. The van der Waals surface area contributed by atoms with Gasteiger partial charge >= 0.3 is 6.09 Å². The van der Waals surface area contributed by atoms with Crippen LogP contribution >= 0.6 is 11.6 Å². The monoisotopic (exact) mass is 366 g/mol. The van der Waals surface area contributed by atoms with Crippen LogP contribution < -0.4 is 15.2 Å². The number of hydrogen-bond donors (Lipinski definition) is 1. The Balaban J connectivity index is 2.84. The second-order valence-corrected chi connectivity index (χ2v) is 6.28. The summed E-state index contributed by atoms with van der Waals surface area (Å²) in [6.07, 6.45) is 1.29. The van der Waals surface area contributed by atoms with Gasteiger partial charge in [0.25, 0.3) is 5.56 Å². The number of unbranched alkanes of at least 4 members (excludes halogenated alkanes) is 1. The van der Waals surface area contributed by atoms with Gasteiger partial charge in [0.2, 0.25) is 0 Å². The molecule has 0 radical (unpaired) electrons. The fourth-order valence-corrected chi connectivity index (χ4v) is 2.86. The molecule has 0 fully saturated rings. The van der Waals surface area contributed by atoms with E-state index in [4.69, 9.17) is 16.3 Å². The third kappa shape index (κ3) is 3.90. The van der Waals surface area contributed by atoms with Crippen molar-refractivity contribution in [1.29, 1.82) is 0 Å². The number of anilines is 1. The molecule has 1 aromatic carbocycles. The van der Waals surface area contributed by atoms with Crippen LogP contribution in [0.25, 0.3) is 10.8 Å². The van der Waals surface area contributed by atoms with Crippen LogP contribution in [0, 0.1) is 0 Å². The summed E-state index contributed by atoms with van der Waals surface area (Å²) >= 11 is 6.11. The highest BCUT2D eigenvalue weighted by Gasteiger charge is 2.24. The van der Waals surface area contributed by atoms with E-state index in [0.29, 0.717) is 41.1 Å². The standard InChI is InChI=1S/C18H23ClN2O4/c1-4-6-10-25-15-14-11-12(19)7-8-13(14)17(22)21(9-5-2)16(15)20(3)18(23)24/h7-8,11H,4-6,9-10H2,1-3H3,(H,23,24). The average Bonchev–Trinajstić information content (AvgIpc) is 2.58. The third-order valence-electron chi connectivity index (χ3n) is 3.96. The number of nitrogens with zero attached hydrogens (tertiary/aromatic N) is 2. The number of benzene rings is 1. The second-order valence-electron chi connectivity index (χ2n) is 5.84. The fourth-order valence-electron chi connectivity index (χ4n) is 2.69. The van der Waals surface area contributed by atoms with E-state index < -0.39 is 6.09 Å². The summed E-state index contributed by atoms with van der Waals surface area (Å²) in [5.41, 5.74) is -0.251. The van der Waals surface area contributed by atoms with Crippen LogP contribution in [0.2, 0.25) is 5.02 Å². The molecule has 0 saturated heterocycles. The van der Waals surface area contributed by atoms with E-state index >= 15 is 0 Å². The van der Waals surface area contributed by atoms with Crippen LogP contribution in [0.1, 0.15) is 33.1 Å². The van der Waals surface area contributed by atoms with E-state index in [1.54, 1.807) is 18.2 Å². The van der Waals surface area contributed by atoms with Crippen molar-refractivity contribution in [3.05, 3.63) is 33.6 Å². The molecule has 1 N–H and O–H groups in total. The Kier molecular flexibility index (Phi) is 6.31. The topological polar surface area (TPSA) is 71.8 Å². The predicted octanol–water partition coefficient (Wildman–Crippen LogP) is 4.36. The smallest absolute Gasteiger partial charge is 0.412 e. The van der Waals surface area contributed by atoms with Crippen molar-refractivity contribution in [3.63, 3.8) is 0 Å². The van der Waals surface area contributed by atoms with Gasteiger partial charge in [0.15, 0.2) is 11.6 Å². The van der Waals surface area contributed by atoms with Crippen LogP contribution in [0.5, 0.6) is 5.75 Å². The summed E-state index contributed by atoms with van der Waals surface area (Å²) in [5, 5.41) is 10.9. The zero-order chi connectivity index (χ0) is 18.6. The number of aromatic nitrogens is 1. The summed E-state index contributed by atoms with van der Waals surface area (Å²) in [6, 6.07) is 4.95. The highest BCUT2D eigenvalue weighted by molar-refractivity contribution is 6.31. The quantitative estimate of drug-likeness (QED) is 0.739. The maximum absolute atomic E-state index is 12.9. The Hall–Kier alpha value is -2.21. The lowest BCUT2D eigenvalue weighted by Gasteiger charge is -2.24. The lowest BCUT2D eigenvalue weighted by atomic mass is 10.1. The summed E-state index contributed by atoms with van der Waals surface area (Å²) in [5.74, 6) is 0.620. The maximum atomic E-state index is 12.9. The van der Waals surface area contributed by atoms with Crippen molar-refractivity contribution in [2.45, 2.75) is 39.7 Å². The van der Waals surface area contributed by atoms with Gasteiger partial charge in [-0.2, -0.15) is 0 Å². The zero-order valence-electron chi connectivity index (χ0n) is 14.7. The van der Waals surface area contributed by atoms with Gasteiger partial charge in [0, 0.05) is 24.0 Å². The summed E-state index contributed by atoms with van der Waals surface area (Å²) in [4.78, 5) is 25.5. The highest BCUT2D eigenvalue weighted by Crippen LogP contribution is 2.36. The minimum Gasteiger partial charge on any atom is -0.489 e. The second kappa shape index (κ2) is 8.25. The third-order valence-corrected chi connectivity index (χ3v) is 4.19. The lowest BCUT2D eigenvalue weighted by Crippen LogP contribution is -2.33. The van der Waals surface area contributed by atoms with Crippen LogP contribution in [0.3, 0.4) is 0 Å². The average molecular weight is 367 g/mol.